The molecular formula is C17H21FO3. The Kier molecular flexibility index (Phi) is 4.27. The predicted octanol–water partition coefficient (Wildman–Crippen LogP) is 2.89. The van der Waals surface area contributed by atoms with E-state index < -0.39 is 5.60 Å². The topological polar surface area (TPSA) is 38.7 Å². The molecule has 1 saturated heterocycles. The fourth-order valence-electron chi connectivity index (χ4n) is 2.68. The smallest absolute Gasteiger partial charge is 0.138 e. The molecule has 0 saturated carbocycles. The van der Waals surface area contributed by atoms with Gasteiger partial charge in [-0.1, -0.05) is 11.8 Å². The van der Waals surface area contributed by atoms with Crippen LogP contribution in [0.4, 0.5) is 4.39 Å². The number of aliphatic hydroxyl groups is 1. The first-order valence-corrected chi connectivity index (χ1v) is 7.00. The van der Waals surface area contributed by atoms with Gasteiger partial charge in [0, 0.05) is 12.5 Å². The van der Waals surface area contributed by atoms with Crippen LogP contribution < -0.4 is 4.74 Å². The molecule has 1 unspecified atom stereocenters. The SMILES string of the molecule is CC1(C)CC(Oc2cc(F)ccc2C#CCO)C(C)(C)O1. The van der Waals surface area contributed by atoms with Crippen molar-refractivity contribution in [3.63, 3.8) is 0 Å². The third-order valence-electron chi connectivity index (χ3n) is 3.51. The van der Waals surface area contributed by atoms with Crippen molar-refractivity contribution < 1.29 is 19.0 Å². The number of aliphatic hydroxyl groups excluding tert-OH is 1. The zero-order valence-corrected chi connectivity index (χ0v) is 12.9. The molecule has 1 aromatic carbocycles. The van der Waals surface area contributed by atoms with Gasteiger partial charge in [0.1, 0.15) is 29.9 Å². The second kappa shape index (κ2) is 5.67. The molecule has 0 radical (unpaired) electrons. The summed E-state index contributed by atoms with van der Waals surface area (Å²) in [6.45, 7) is 7.70. The van der Waals surface area contributed by atoms with Crippen molar-refractivity contribution in [2.45, 2.75) is 51.4 Å². The molecule has 1 atom stereocenters. The monoisotopic (exact) mass is 292 g/mol. The van der Waals surface area contributed by atoms with E-state index in [9.17, 15) is 4.39 Å². The van der Waals surface area contributed by atoms with Crippen LogP contribution in [0.25, 0.3) is 0 Å². The van der Waals surface area contributed by atoms with E-state index in [1.165, 1.54) is 12.1 Å². The van der Waals surface area contributed by atoms with Gasteiger partial charge in [0.15, 0.2) is 0 Å². The highest BCUT2D eigenvalue weighted by molar-refractivity contribution is 5.46. The molecule has 1 N–H and O–H groups in total. The Bertz CT molecular complexity index is 581. The second-order valence-electron chi connectivity index (χ2n) is 6.38. The number of rotatable bonds is 2. The summed E-state index contributed by atoms with van der Waals surface area (Å²) in [5, 5.41) is 8.80. The number of halogens is 1. The highest BCUT2D eigenvalue weighted by atomic mass is 19.1. The molecule has 0 bridgehead atoms. The standard InChI is InChI=1S/C17H21FO3/c1-16(2)11-15(17(3,4)21-16)20-14-10-13(18)8-7-12(14)6-5-9-19/h7-8,10,15,19H,9,11H2,1-4H3. The first-order valence-electron chi connectivity index (χ1n) is 7.00. The molecule has 0 spiro atoms. The van der Waals surface area contributed by atoms with E-state index in [-0.39, 0.29) is 24.1 Å². The minimum absolute atomic E-state index is 0.191. The van der Waals surface area contributed by atoms with Crippen LogP contribution in [0.3, 0.4) is 0 Å². The van der Waals surface area contributed by atoms with Crippen LogP contribution in [0.1, 0.15) is 39.7 Å². The number of hydrogen-bond acceptors (Lipinski definition) is 3. The molecule has 0 aromatic heterocycles. The Morgan fingerprint density at radius 3 is 2.67 bits per heavy atom. The maximum absolute atomic E-state index is 13.5. The van der Waals surface area contributed by atoms with Crippen molar-refractivity contribution in [1.82, 2.24) is 0 Å². The molecule has 2 rings (SSSR count). The molecule has 1 heterocycles. The molecule has 0 aliphatic carbocycles. The summed E-state index contributed by atoms with van der Waals surface area (Å²) in [5.41, 5.74) is -0.179. The van der Waals surface area contributed by atoms with Crippen molar-refractivity contribution >= 4 is 0 Å². The van der Waals surface area contributed by atoms with E-state index in [1.54, 1.807) is 6.07 Å². The molecule has 0 amide bonds. The van der Waals surface area contributed by atoms with Crippen LogP contribution >= 0.6 is 0 Å². The Morgan fingerprint density at radius 1 is 1.38 bits per heavy atom. The second-order valence-corrected chi connectivity index (χ2v) is 6.38. The lowest BCUT2D eigenvalue weighted by Gasteiger charge is -2.27. The van der Waals surface area contributed by atoms with E-state index in [2.05, 4.69) is 11.8 Å². The molecule has 114 valence electrons. The molecule has 1 aliphatic rings. The van der Waals surface area contributed by atoms with E-state index in [4.69, 9.17) is 14.6 Å². The fraction of sp³-hybridized carbons (Fsp3) is 0.529. The minimum Gasteiger partial charge on any atom is -0.486 e. The molecular weight excluding hydrogens is 271 g/mol. The highest BCUT2D eigenvalue weighted by Gasteiger charge is 2.47. The average Bonchev–Trinajstić information content (AvgIpc) is 2.56. The van der Waals surface area contributed by atoms with Gasteiger partial charge in [-0.2, -0.15) is 0 Å². The van der Waals surface area contributed by atoms with Crippen LogP contribution in [0.2, 0.25) is 0 Å². The van der Waals surface area contributed by atoms with Gasteiger partial charge in [-0.25, -0.2) is 4.39 Å². The number of benzene rings is 1. The zero-order valence-electron chi connectivity index (χ0n) is 12.9. The van der Waals surface area contributed by atoms with Crippen LogP contribution in [0.15, 0.2) is 18.2 Å². The van der Waals surface area contributed by atoms with Crippen LogP contribution in [-0.2, 0) is 4.74 Å². The van der Waals surface area contributed by atoms with Crippen molar-refractivity contribution in [2.24, 2.45) is 0 Å². The fourth-order valence-corrected chi connectivity index (χ4v) is 2.68. The highest BCUT2D eigenvalue weighted by Crippen LogP contribution is 2.40. The zero-order chi connectivity index (χ0) is 15.7. The van der Waals surface area contributed by atoms with Gasteiger partial charge in [-0.15, -0.1) is 0 Å². The Morgan fingerprint density at radius 2 is 2.10 bits per heavy atom. The summed E-state index contributed by atoms with van der Waals surface area (Å²) >= 11 is 0. The Balaban J connectivity index is 2.29. The molecule has 1 fully saturated rings. The van der Waals surface area contributed by atoms with Crippen molar-refractivity contribution in [2.75, 3.05) is 6.61 Å². The van der Waals surface area contributed by atoms with Gasteiger partial charge in [-0.05, 0) is 39.8 Å². The lowest BCUT2D eigenvalue weighted by atomic mass is 9.97. The van der Waals surface area contributed by atoms with Crippen LogP contribution in [-0.4, -0.2) is 29.0 Å². The Hall–Kier alpha value is -1.57. The quantitative estimate of drug-likeness (QED) is 0.852. The van der Waals surface area contributed by atoms with Gasteiger partial charge in [0.2, 0.25) is 0 Å². The first kappa shape index (κ1) is 15.8. The van der Waals surface area contributed by atoms with Crippen molar-refractivity contribution in [3.8, 4) is 17.6 Å². The third-order valence-corrected chi connectivity index (χ3v) is 3.51. The van der Waals surface area contributed by atoms with E-state index in [1.807, 2.05) is 27.7 Å². The van der Waals surface area contributed by atoms with Gasteiger partial charge in [-0.3, -0.25) is 0 Å². The first-order chi connectivity index (χ1) is 9.73. The number of ether oxygens (including phenoxy) is 2. The summed E-state index contributed by atoms with van der Waals surface area (Å²) < 4.78 is 25.4. The summed E-state index contributed by atoms with van der Waals surface area (Å²) in [5.74, 6) is 5.34. The third kappa shape index (κ3) is 3.75. The van der Waals surface area contributed by atoms with Gasteiger partial charge in [0.05, 0.1) is 11.2 Å². The maximum atomic E-state index is 13.5. The van der Waals surface area contributed by atoms with Gasteiger partial charge < -0.3 is 14.6 Å². The summed E-state index contributed by atoms with van der Waals surface area (Å²) in [4.78, 5) is 0. The van der Waals surface area contributed by atoms with Gasteiger partial charge >= 0.3 is 0 Å². The molecule has 21 heavy (non-hydrogen) atoms. The van der Waals surface area contributed by atoms with E-state index in [0.29, 0.717) is 17.7 Å². The summed E-state index contributed by atoms with van der Waals surface area (Å²) in [6.07, 6.45) is 0.521. The lowest BCUT2D eigenvalue weighted by Crippen LogP contribution is -2.36. The minimum atomic E-state index is -0.461. The largest absolute Gasteiger partial charge is 0.486 e. The Labute approximate surface area is 125 Å². The van der Waals surface area contributed by atoms with Crippen molar-refractivity contribution in [3.05, 3.63) is 29.6 Å². The van der Waals surface area contributed by atoms with Gasteiger partial charge in [0.25, 0.3) is 0 Å². The summed E-state index contributed by atoms with van der Waals surface area (Å²) in [6, 6.07) is 4.21. The van der Waals surface area contributed by atoms with Crippen LogP contribution in [0.5, 0.6) is 5.75 Å². The molecule has 4 heteroatoms. The van der Waals surface area contributed by atoms with Crippen molar-refractivity contribution in [1.29, 1.82) is 0 Å². The van der Waals surface area contributed by atoms with Crippen LogP contribution in [0, 0.1) is 17.7 Å². The normalized spacial score (nSPS) is 22.5. The molecule has 3 nitrogen and oxygen atoms in total. The summed E-state index contributed by atoms with van der Waals surface area (Å²) in [7, 11) is 0. The van der Waals surface area contributed by atoms with E-state index in [0.717, 1.165) is 0 Å². The molecule has 1 aromatic rings. The average molecular weight is 292 g/mol. The number of hydrogen-bond donors (Lipinski definition) is 1. The molecule has 1 aliphatic heterocycles. The lowest BCUT2D eigenvalue weighted by molar-refractivity contribution is -0.0846. The maximum Gasteiger partial charge on any atom is 0.138 e. The van der Waals surface area contributed by atoms with E-state index >= 15 is 0 Å². The predicted molar refractivity (Wildman–Crippen MR) is 78.6 cm³/mol.